The van der Waals surface area contributed by atoms with E-state index in [0.717, 1.165) is 0 Å². The number of amides is 2. The predicted octanol–water partition coefficient (Wildman–Crippen LogP) is 1.30. The average Bonchev–Trinajstić information content (AvgIpc) is 2.96. The number of phenolic OH excluding ortho intramolecular Hbond substituents is 2. The minimum Gasteiger partial charge on any atom is -0.504 e. The van der Waals surface area contributed by atoms with Gasteiger partial charge in [0.1, 0.15) is 0 Å². The molecule has 1 heterocycles. The van der Waals surface area contributed by atoms with Crippen LogP contribution in [0.15, 0.2) is 42.0 Å². The van der Waals surface area contributed by atoms with Crippen LogP contribution in [-0.4, -0.2) is 36.2 Å². The summed E-state index contributed by atoms with van der Waals surface area (Å²) in [5, 5.41) is 21.8. The predicted molar refractivity (Wildman–Crippen MR) is 101 cm³/mol. The summed E-state index contributed by atoms with van der Waals surface area (Å²) in [5.74, 6) is -1.45. The van der Waals surface area contributed by atoms with Crippen molar-refractivity contribution in [3.8, 4) is 23.0 Å². The van der Waals surface area contributed by atoms with Crippen molar-refractivity contribution in [3.63, 3.8) is 0 Å². The molecule has 0 saturated carbocycles. The molecule has 2 amide bonds. The Morgan fingerprint density at radius 1 is 1.04 bits per heavy atom. The third kappa shape index (κ3) is 3.44. The van der Waals surface area contributed by atoms with Crippen LogP contribution in [0.1, 0.15) is 11.1 Å². The van der Waals surface area contributed by atoms with Crippen LogP contribution in [0.25, 0.3) is 5.70 Å². The largest absolute Gasteiger partial charge is 0.504 e. The lowest BCUT2D eigenvalue weighted by Crippen LogP contribution is -2.22. The van der Waals surface area contributed by atoms with Gasteiger partial charge in [-0.3, -0.25) is 14.9 Å². The number of methoxy groups -OCH3 is 2. The van der Waals surface area contributed by atoms with Crippen LogP contribution in [0.5, 0.6) is 23.0 Å². The van der Waals surface area contributed by atoms with Gasteiger partial charge in [0.2, 0.25) is 5.91 Å². The SMILES string of the molecule is COc1cc(CC2C(=O)NC(=O)/C2=C(\N)c2ccc(O)c(OC)c2)ccc1O. The Labute approximate surface area is 161 Å². The zero-order chi connectivity index (χ0) is 20.4. The van der Waals surface area contributed by atoms with E-state index >= 15 is 0 Å². The number of ether oxygens (including phenoxy) is 2. The van der Waals surface area contributed by atoms with Gasteiger partial charge >= 0.3 is 0 Å². The van der Waals surface area contributed by atoms with Crippen LogP contribution >= 0.6 is 0 Å². The number of aromatic hydroxyl groups is 2. The Morgan fingerprint density at radius 3 is 2.29 bits per heavy atom. The molecule has 1 atom stereocenters. The fraction of sp³-hybridized carbons (Fsp3) is 0.200. The molecule has 2 aromatic carbocycles. The summed E-state index contributed by atoms with van der Waals surface area (Å²) >= 11 is 0. The zero-order valence-corrected chi connectivity index (χ0v) is 15.4. The van der Waals surface area contributed by atoms with Gasteiger partial charge in [-0.25, -0.2) is 0 Å². The molecule has 1 aliphatic heterocycles. The molecule has 8 heteroatoms. The summed E-state index contributed by atoms with van der Waals surface area (Å²) in [4.78, 5) is 24.8. The first-order chi connectivity index (χ1) is 13.3. The second kappa shape index (κ2) is 7.51. The topological polar surface area (TPSA) is 131 Å². The molecule has 5 N–H and O–H groups in total. The van der Waals surface area contributed by atoms with Crippen molar-refractivity contribution in [2.24, 2.45) is 11.7 Å². The molecular weight excluding hydrogens is 364 g/mol. The lowest BCUT2D eigenvalue weighted by molar-refractivity contribution is -0.125. The number of benzene rings is 2. The fourth-order valence-electron chi connectivity index (χ4n) is 3.15. The van der Waals surface area contributed by atoms with Gasteiger partial charge < -0.3 is 25.4 Å². The van der Waals surface area contributed by atoms with E-state index in [9.17, 15) is 19.8 Å². The number of carbonyl (C=O) groups is 2. The Balaban J connectivity index is 2.01. The van der Waals surface area contributed by atoms with Gasteiger partial charge in [-0.1, -0.05) is 6.07 Å². The number of rotatable bonds is 5. The number of imide groups is 1. The summed E-state index contributed by atoms with van der Waals surface area (Å²) < 4.78 is 10.2. The highest BCUT2D eigenvalue weighted by molar-refractivity contribution is 6.18. The van der Waals surface area contributed by atoms with Crippen LogP contribution in [0, 0.1) is 5.92 Å². The molecule has 0 aromatic heterocycles. The van der Waals surface area contributed by atoms with Crippen molar-refractivity contribution in [2.75, 3.05) is 14.2 Å². The molecule has 1 aliphatic rings. The van der Waals surface area contributed by atoms with Crippen molar-refractivity contribution >= 4 is 17.5 Å². The Morgan fingerprint density at radius 2 is 1.64 bits per heavy atom. The first-order valence-corrected chi connectivity index (χ1v) is 8.43. The number of hydrogen-bond donors (Lipinski definition) is 4. The normalized spacial score (nSPS) is 18.0. The summed E-state index contributed by atoms with van der Waals surface area (Å²) in [5.41, 5.74) is 7.62. The van der Waals surface area contributed by atoms with Gasteiger partial charge in [-0.15, -0.1) is 0 Å². The molecule has 0 radical (unpaired) electrons. The van der Waals surface area contributed by atoms with Crippen molar-refractivity contribution in [1.82, 2.24) is 5.32 Å². The van der Waals surface area contributed by atoms with Crippen molar-refractivity contribution in [2.45, 2.75) is 6.42 Å². The molecule has 8 nitrogen and oxygen atoms in total. The van der Waals surface area contributed by atoms with Gasteiger partial charge in [-0.05, 0) is 42.3 Å². The van der Waals surface area contributed by atoms with Crippen molar-refractivity contribution < 1.29 is 29.3 Å². The zero-order valence-electron chi connectivity index (χ0n) is 15.4. The van der Waals surface area contributed by atoms with Gasteiger partial charge in [0.25, 0.3) is 5.91 Å². The molecule has 0 spiro atoms. The lowest BCUT2D eigenvalue weighted by Gasteiger charge is -2.14. The van der Waals surface area contributed by atoms with Gasteiger partial charge in [0.15, 0.2) is 23.0 Å². The summed E-state index contributed by atoms with van der Waals surface area (Å²) in [7, 11) is 2.82. The second-order valence-corrected chi connectivity index (χ2v) is 6.30. The van der Waals surface area contributed by atoms with Crippen LogP contribution in [0.2, 0.25) is 0 Å². The van der Waals surface area contributed by atoms with E-state index in [0.29, 0.717) is 11.1 Å². The molecule has 0 aliphatic carbocycles. The molecule has 0 bridgehead atoms. The first kappa shape index (κ1) is 19.1. The first-order valence-electron chi connectivity index (χ1n) is 8.43. The molecule has 1 unspecified atom stereocenters. The van der Waals surface area contributed by atoms with E-state index in [1.54, 1.807) is 12.1 Å². The van der Waals surface area contributed by atoms with Crippen molar-refractivity contribution in [3.05, 3.63) is 53.1 Å². The Kier molecular flexibility index (Phi) is 5.12. The number of hydrogen-bond acceptors (Lipinski definition) is 7. The summed E-state index contributed by atoms with van der Waals surface area (Å²) in [6.07, 6.45) is 0.194. The minimum absolute atomic E-state index is 0.0235. The number of nitrogens with two attached hydrogens (primary N) is 1. The highest BCUT2D eigenvalue weighted by Gasteiger charge is 2.38. The highest BCUT2D eigenvalue weighted by Crippen LogP contribution is 2.34. The second-order valence-electron chi connectivity index (χ2n) is 6.30. The summed E-state index contributed by atoms with van der Waals surface area (Å²) in [6.45, 7) is 0. The molecule has 1 fully saturated rings. The van der Waals surface area contributed by atoms with E-state index in [-0.39, 0.29) is 40.7 Å². The van der Waals surface area contributed by atoms with E-state index in [1.165, 1.54) is 38.5 Å². The molecule has 2 aromatic rings. The smallest absolute Gasteiger partial charge is 0.256 e. The third-order valence-corrected chi connectivity index (χ3v) is 4.61. The Bertz CT molecular complexity index is 983. The summed E-state index contributed by atoms with van der Waals surface area (Å²) in [6, 6.07) is 9.13. The third-order valence-electron chi connectivity index (χ3n) is 4.61. The quantitative estimate of drug-likeness (QED) is 0.451. The average molecular weight is 384 g/mol. The van der Waals surface area contributed by atoms with E-state index in [1.807, 2.05) is 0 Å². The van der Waals surface area contributed by atoms with Crippen LogP contribution in [0.3, 0.4) is 0 Å². The van der Waals surface area contributed by atoms with E-state index in [2.05, 4.69) is 5.32 Å². The van der Waals surface area contributed by atoms with Crippen LogP contribution < -0.4 is 20.5 Å². The number of phenols is 2. The highest BCUT2D eigenvalue weighted by atomic mass is 16.5. The van der Waals surface area contributed by atoms with Crippen LogP contribution in [0.4, 0.5) is 0 Å². The fourth-order valence-corrected chi connectivity index (χ4v) is 3.15. The maximum atomic E-state index is 12.4. The van der Waals surface area contributed by atoms with Crippen molar-refractivity contribution in [1.29, 1.82) is 0 Å². The maximum absolute atomic E-state index is 12.4. The Hall–Kier alpha value is -3.68. The van der Waals surface area contributed by atoms with Gasteiger partial charge in [-0.2, -0.15) is 0 Å². The van der Waals surface area contributed by atoms with E-state index < -0.39 is 17.7 Å². The maximum Gasteiger partial charge on any atom is 0.256 e. The molecule has 28 heavy (non-hydrogen) atoms. The monoisotopic (exact) mass is 384 g/mol. The molecule has 1 saturated heterocycles. The molecule has 146 valence electrons. The molecule has 3 rings (SSSR count). The standard InChI is InChI=1S/C20H20N2O6/c1-27-15-8-10(3-5-13(15)23)7-12-17(20(26)22-19(12)25)18(21)11-4-6-14(24)16(9-11)28-2/h3-6,8-9,12,23-24H,7,21H2,1-2H3,(H,22,25,26)/b18-17-. The number of nitrogens with one attached hydrogen (secondary N) is 1. The minimum atomic E-state index is -0.804. The lowest BCUT2D eigenvalue weighted by atomic mass is 9.90. The van der Waals surface area contributed by atoms with Crippen LogP contribution in [-0.2, 0) is 16.0 Å². The number of carbonyl (C=O) groups excluding carboxylic acids is 2. The van der Waals surface area contributed by atoms with E-state index in [4.69, 9.17) is 15.2 Å². The van der Waals surface area contributed by atoms with Gasteiger partial charge in [0.05, 0.1) is 25.7 Å². The van der Waals surface area contributed by atoms with Gasteiger partial charge in [0, 0.05) is 11.3 Å². The molecular formula is C20H20N2O6.